The Labute approximate surface area is 112 Å². The standard InChI is InChI=1S/C16H17NO2/c1-17-14(18)13-7-6-11-9-16(13,15(17)19)8-10-4-2-3-5-12(10)11/h2-5,11,13H,6-9H2,1H3/t11-,13+,16+/m1/s1. The van der Waals surface area contributed by atoms with Crippen LogP contribution in [0.1, 0.15) is 36.3 Å². The van der Waals surface area contributed by atoms with E-state index in [0.29, 0.717) is 5.92 Å². The molecule has 3 aliphatic rings. The summed E-state index contributed by atoms with van der Waals surface area (Å²) in [6, 6.07) is 8.44. The molecule has 1 aromatic rings. The second-order valence-electron chi connectivity index (χ2n) is 6.27. The van der Waals surface area contributed by atoms with Crippen LogP contribution in [-0.4, -0.2) is 23.8 Å². The maximum Gasteiger partial charge on any atom is 0.236 e. The van der Waals surface area contributed by atoms with E-state index in [1.807, 2.05) is 6.07 Å². The molecule has 98 valence electrons. The summed E-state index contributed by atoms with van der Waals surface area (Å²) in [6.07, 6.45) is 3.52. The van der Waals surface area contributed by atoms with Gasteiger partial charge in [-0.25, -0.2) is 0 Å². The Bertz CT molecular complexity index is 594. The van der Waals surface area contributed by atoms with Crippen molar-refractivity contribution in [3.05, 3.63) is 35.4 Å². The summed E-state index contributed by atoms with van der Waals surface area (Å²) in [7, 11) is 1.65. The first-order chi connectivity index (χ1) is 9.13. The zero-order chi connectivity index (χ0) is 13.2. The predicted molar refractivity (Wildman–Crippen MR) is 70.4 cm³/mol. The minimum Gasteiger partial charge on any atom is -0.285 e. The number of carbonyl (C=O) groups excluding carboxylic acids is 2. The van der Waals surface area contributed by atoms with Gasteiger partial charge in [-0.15, -0.1) is 0 Å². The molecule has 2 amide bonds. The van der Waals surface area contributed by atoms with Crippen molar-refractivity contribution < 1.29 is 9.59 Å². The Morgan fingerprint density at radius 2 is 2.00 bits per heavy atom. The first-order valence-electron chi connectivity index (χ1n) is 7.03. The fourth-order valence-electron chi connectivity index (χ4n) is 4.56. The van der Waals surface area contributed by atoms with Crippen molar-refractivity contribution >= 4 is 11.8 Å². The van der Waals surface area contributed by atoms with E-state index in [1.54, 1.807) is 7.05 Å². The molecule has 1 aliphatic heterocycles. The largest absolute Gasteiger partial charge is 0.285 e. The van der Waals surface area contributed by atoms with E-state index in [-0.39, 0.29) is 17.7 Å². The van der Waals surface area contributed by atoms with E-state index < -0.39 is 5.41 Å². The first kappa shape index (κ1) is 11.2. The minimum absolute atomic E-state index is 0.0443. The van der Waals surface area contributed by atoms with Gasteiger partial charge < -0.3 is 0 Å². The summed E-state index contributed by atoms with van der Waals surface area (Å²) in [4.78, 5) is 26.2. The number of likely N-dealkylation sites (tertiary alicyclic amines) is 1. The molecule has 1 heterocycles. The first-order valence-corrected chi connectivity index (χ1v) is 7.03. The SMILES string of the molecule is CN1C(=O)[C@@H]2CC[C@@H]3C[C@]2(Cc2ccccc23)C1=O. The van der Waals surface area contributed by atoms with Crippen molar-refractivity contribution in [1.82, 2.24) is 4.90 Å². The second-order valence-corrected chi connectivity index (χ2v) is 6.27. The van der Waals surface area contributed by atoms with E-state index >= 15 is 0 Å². The zero-order valence-corrected chi connectivity index (χ0v) is 11.1. The molecule has 1 spiro atoms. The molecular weight excluding hydrogens is 238 g/mol. The van der Waals surface area contributed by atoms with E-state index in [0.717, 1.165) is 25.7 Å². The Morgan fingerprint density at radius 3 is 2.84 bits per heavy atom. The van der Waals surface area contributed by atoms with Crippen LogP contribution in [0.15, 0.2) is 24.3 Å². The highest BCUT2D eigenvalue weighted by Crippen LogP contribution is 2.57. The highest BCUT2D eigenvalue weighted by atomic mass is 16.2. The summed E-state index contributed by atoms with van der Waals surface area (Å²) in [5, 5.41) is 0. The average molecular weight is 255 g/mol. The Balaban J connectivity index is 1.88. The summed E-state index contributed by atoms with van der Waals surface area (Å²) >= 11 is 0. The molecule has 4 rings (SSSR count). The molecule has 2 bridgehead atoms. The summed E-state index contributed by atoms with van der Waals surface area (Å²) in [6.45, 7) is 0. The Hall–Kier alpha value is -1.64. The van der Waals surface area contributed by atoms with E-state index in [2.05, 4.69) is 18.2 Å². The van der Waals surface area contributed by atoms with E-state index in [9.17, 15) is 9.59 Å². The number of hydrogen-bond acceptors (Lipinski definition) is 2. The molecule has 3 nitrogen and oxygen atoms in total. The van der Waals surface area contributed by atoms with Gasteiger partial charge in [-0.2, -0.15) is 0 Å². The summed E-state index contributed by atoms with van der Waals surface area (Å²) in [5.74, 6) is 0.489. The van der Waals surface area contributed by atoms with Gasteiger partial charge in [0.15, 0.2) is 0 Å². The molecule has 3 heteroatoms. The van der Waals surface area contributed by atoms with Gasteiger partial charge in [0.2, 0.25) is 11.8 Å². The van der Waals surface area contributed by atoms with Gasteiger partial charge in [-0.05, 0) is 42.7 Å². The van der Waals surface area contributed by atoms with Gasteiger partial charge in [0.05, 0.1) is 11.3 Å². The number of fused-ring (bicyclic) bond motifs is 3. The fraction of sp³-hybridized carbons (Fsp3) is 0.500. The molecule has 1 saturated carbocycles. The number of hydrogen-bond donors (Lipinski definition) is 0. The molecule has 0 N–H and O–H groups in total. The van der Waals surface area contributed by atoms with Gasteiger partial charge in [0.25, 0.3) is 0 Å². The maximum atomic E-state index is 12.6. The van der Waals surface area contributed by atoms with Crippen molar-refractivity contribution in [2.45, 2.75) is 31.6 Å². The summed E-state index contributed by atoms with van der Waals surface area (Å²) < 4.78 is 0. The van der Waals surface area contributed by atoms with Crippen molar-refractivity contribution in [2.75, 3.05) is 7.05 Å². The second kappa shape index (κ2) is 3.47. The molecule has 2 fully saturated rings. The van der Waals surface area contributed by atoms with Crippen LogP contribution in [0.5, 0.6) is 0 Å². The van der Waals surface area contributed by atoms with Gasteiger partial charge in [0, 0.05) is 7.05 Å². The molecule has 0 unspecified atom stereocenters. The Morgan fingerprint density at radius 1 is 1.21 bits per heavy atom. The third-order valence-electron chi connectivity index (χ3n) is 5.44. The van der Waals surface area contributed by atoms with Gasteiger partial charge in [-0.3, -0.25) is 14.5 Å². The van der Waals surface area contributed by atoms with Crippen LogP contribution in [0.25, 0.3) is 0 Å². The normalized spacial score (nSPS) is 36.2. The highest BCUT2D eigenvalue weighted by molar-refractivity contribution is 6.07. The van der Waals surface area contributed by atoms with Crippen LogP contribution < -0.4 is 0 Å². The lowest BCUT2D eigenvalue weighted by Crippen LogP contribution is -2.44. The van der Waals surface area contributed by atoms with E-state index in [1.165, 1.54) is 16.0 Å². The number of rotatable bonds is 0. The molecule has 19 heavy (non-hydrogen) atoms. The topological polar surface area (TPSA) is 37.4 Å². The average Bonchev–Trinajstić information content (AvgIpc) is 2.61. The number of nitrogens with zero attached hydrogens (tertiary/aromatic N) is 1. The molecule has 1 aromatic carbocycles. The smallest absolute Gasteiger partial charge is 0.236 e. The van der Waals surface area contributed by atoms with E-state index in [4.69, 9.17) is 0 Å². The lowest BCUT2D eigenvalue weighted by atomic mass is 9.56. The van der Waals surface area contributed by atoms with Crippen LogP contribution in [-0.2, 0) is 16.0 Å². The minimum atomic E-state index is -0.427. The predicted octanol–water partition coefficient (Wildman–Crippen LogP) is 2.11. The van der Waals surface area contributed by atoms with Crippen LogP contribution >= 0.6 is 0 Å². The molecule has 3 atom stereocenters. The number of amides is 2. The van der Waals surface area contributed by atoms with Gasteiger partial charge in [-0.1, -0.05) is 24.3 Å². The van der Waals surface area contributed by atoms with Crippen LogP contribution in [0.3, 0.4) is 0 Å². The summed E-state index contributed by atoms with van der Waals surface area (Å²) in [5.41, 5.74) is 2.25. The molecular formula is C16H17NO2. The van der Waals surface area contributed by atoms with Crippen LogP contribution in [0.2, 0.25) is 0 Å². The van der Waals surface area contributed by atoms with Crippen LogP contribution in [0, 0.1) is 11.3 Å². The van der Waals surface area contributed by atoms with Crippen LogP contribution in [0.4, 0.5) is 0 Å². The number of imide groups is 1. The highest BCUT2D eigenvalue weighted by Gasteiger charge is 2.61. The quantitative estimate of drug-likeness (QED) is 0.666. The van der Waals surface area contributed by atoms with Gasteiger partial charge in [0.1, 0.15) is 0 Å². The lowest BCUT2D eigenvalue weighted by molar-refractivity contribution is -0.140. The fourth-order valence-corrected chi connectivity index (χ4v) is 4.56. The molecule has 0 aromatic heterocycles. The van der Waals surface area contributed by atoms with Crippen molar-refractivity contribution in [2.24, 2.45) is 11.3 Å². The molecule has 2 aliphatic carbocycles. The van der Waals surface area contributed by atoms with Gasteiger partial charge >= 0.3 is 0 Å². The monoisotopic (exact) mass is 255 g/mol. The lowest BCUT2D eigenvalue weighted by Gasteiger charge is -2.44. The third-order valence-corrected chi connectivity index (χ3v) is 5.44. The molecule has 0 radical (unpaired) electrons. The zero-order valence-electron chi connectivity index (χ0n) is 11.1. The van der Waals surface area contributed by atoms with Crippen molar-refractivity contribution in [3.8, 4) is 0 Å². The van der Waals surface area contributed by atoms with Crippen molar-refractivity contribution in [3.63, 3.8) is 0 Å². The number of benzene rings is 1. The third kappa shape index (κ3) is 1.23. The molecule has 1 saturated heterocycles. The Kier molecular flexibility index (Phi) is 2.05. The number of carbonyl (C=O) groups is 2. The maximum absolute atomic E-state index is 12.6. The van der Waals surface area contributed by atoms with Crippen molar-refractivity contribution in [1.29, 1.82) is 0 Å².